The van der Waals surface area contributed by atoms with E-state index in [4.69, 9.17) is 0 Å². The molecule has 0 aromatic carbocycles. The van der Waals surface area contributed by atoms with Crippen molar-refractivity contribution >= 4 is 11.7 Å². The van der Waals surface area contributed by atoms with Crippen LogP contribution in [0, 0.1) is 5.92 Å². The maximum Gasteiger partial charge on any atom is 0.257 e. The molecule has 0 unspecified atom stereocenters. The van der Waals surface area contributed by atoms with Gasteiger partial charge in [0.2, 0.25) is 0 Å². The van der Waals surface area contributed by atoms with Crippen LogP contribution < -0.4 is 5.32 Å². The monoisotopic (exact) mass is 289 g/mol. The highest BCUT2D eigenvalue weighted by Crippen LogP contribution is 2.27. The Morgan fingerprint density at radius 1 is 1.43 bits per heavy atom. The summed E-state index contributed by atoms with van der Waals surface area (Å²) in [7, 11) is 0. The second-order valence-corrected chi connectivity index (χ2v) is 6.22. The molecule has 1 aromatic heterocycles. The van der Waals surface area contributed by atoms with E-state index in [1.54, 1.807) is 6.20 Å². The van der Waals surface area contributed by atoms with Gasteiger partial charge in [-0.05, 0) is 37.8 Å². The molecule has 4 heteroatoms. The van der Waals surface area contributed by atoms with Gasteiger partial charge >= 0.3 is 0 Å². The van der Waals surface area contributed by atoms with Crippen LogP contribution in [0.2, 0.25) is 0 Å². The Kier molecular flexibility index (Phi) is 5.59. The van der Waals surface area contributed by atoms with E-state index in [0.717, 1.165) is 25.9 Å². The van der Waals surface area contributed by atoms with E-state index in [2.05, 4.69) is 29.0 Å². The molecule has 0 saturated heterocycles. The van der Waals surface area contributed by atoms with Gasteiger partial charge in [0.25, 0.3) is 5.91 Å². The number of nitrogens with one attached hydrogen (secondary N) is 1. The standard InChI is InChI=1S/C17H27N3O/c1-4-18-16-15(10-7-11-19-16)17(21)20(12-13(2)3)14-8-5-6-9-14/h7,10-11,13-14H,4-6,8-9,12H2,1-3H3,(H,18,19). The first-order chi connectivity index (χ1) is 10.1. The Morgan fingerprint density at radius 3 is 2.76 bits per heavy atom. The summed E-state index contributed by atoms with van der Waals surface area (Å²) < 4.78 is 0. The van der Waals surface area contributed by atoms with Crippen LogP contribution in [0.15, 0.2) is 18.3 Å². The Labute approximate surface area is 127 Å². The van der Waals surface area contributed by atoms with Crippen LogP contribution in [0.1, 0.15) is 56.8 Å². The maximum atomic E-state index is 13.0. The highest BCUT2D eigenvalue weighted by Gasteiger charge is 2.29. The van der Waals surface area contributed by atoms with Crippen molar-refractivity contribution in [2.24, 2.45) is 5.92 Å². The van der Waals surface area contributed by atoms with E-state index < -0.39 is 0 Å². The third kappa shape index (κ3) is 3.96. The molecule has 0 spiro atoms. The lowest BCUT2D eigenvalue weighted by Crippen LogP contribution is -2.41. The van der Waals surface area contributed by atoms with Gasteiger partial charge in [-0.3, -0.25) is 4.79 Å². The van der Waals surface area contributed by atoms with Gasteiger partial charge in [-0.1, -0.05) is 26.7 Å². The van der Waals surface area contributed by atoms with Gasteiger partial charge in [-0.15, -0.1) is 0 Å². The lowest BCUT2D eigenvalue weighted by atomic mass is 10.1. The van der Waals surface area contributed by atoms with Crippen molar-refractivity contribution in [1.29, 1.82) is 0 Å². The first kappa shape index (κ1) is 15.8. The van der Waals surface area contributed by atoms with Crippen LogP contribution in [0.5, 0.6) is 0 Å². The Balaban J connectivity index is 2.24. The normalized spacial score (nSPS) is 15.4. The first-order valence-electron chi connectivity index (χ1n) is 8.13. The lowest BCUT2D eigenvalue weighted by molar-refractivity contribution is 0.0656. The number of nitrogens with zero attached hydrogens (tertiary/aromatic N) is 2. The third-order valence-corrected chi connectivity index (χ3v) is 3.97. The molecular formula is C17H27N3O. The second-order valence-electron chi connectivity index (χ2n) is 6.22. The van der Waals surface area contributed by atoms with Gasteiger partial charge < -0.3 is 10.2 Å². The van der Waals surface area contributed by atoms with Crippen LogP contribution in [0.25, 0.3) is 0 Å². The van der Waals surface area contributed by atoms with Crippen LogP contribution in [-0.4, -0.2) is 34.9 Å². The number of pyridine rings is 1. The van der Waals surface area contributed by atoms with Gasteiger partial charge in [0.05, 0.1) is 5.56 Å². The highest BCUT2D eigenvalue weighted by atomic mass is 16.2. The summed E-state index contributed by atoms with van der Waals surface area (Å²) in [6, 6.07) is 4.13. The molecule has 0 radical (unpaired) electrons. The van der Waals surface area contributed by atoms with Crippen molar-refractivity contribution in [2.45, 2.75) is 52.5 Å². The zero-order valence-corrected chi connectivity index (χ0v) is 13.4. The minimum atomic E-state index is 0.125. The van der Waals surface area contributed by atoms with Crippen molar-refractivity contribution in [3.8, 4) is 0 Å². The van der Waals surface area contributed by atoms with E-state index in [0.29, 0.717) is 23.3 Å². The summed E-state index contributed by atoms with van der Waals surface area (Å²) in [4.78, 5) is 19.4. The average Bonchev–Trinajstić information content (AvgIpc) is 2.99. The molecule has 1 N–H and O–H groups in total. The van der Waals surface area contributed by atoms with Crippen molar-refractivity contribution in [3.63, 3.8) is 0 Å². The average molecular weight is 289 g/mol. The molecular weight excluding hydrogens is 262 g/mol. The van der Waals surface area contributed by atoms with Crippen molar-refractivity contribution in [3.05, 3.63) is 23.9 Å². The highest BCUT2D eigenvalue weighted by molar-refractivity contribution is 5.98. The molecule has 1 aliphatic rings. The van der Waals surface area contributed by atoms with E-state index in [1.165, 1.54) is 12.8 Å². The lowest BCUT2D eigenvalue weighted by Gasteiger charge is -2.31. The summed E-state index contributed by atoms with van der Waals surface area (Å²) in [6.07, 6.45) is 6.47. The molecule has 0 atom stereocenters. The Hall–Kier alpha value is -1.58. The number of hydrogen-bond donors (Lipinski definition) is 1. The predicted molar refractivity (Wildman–Crippen MR) is 86.5 cm³/mol. The fraction of sp³-hybridized carbons (Fsp3) is 0.647. The van der Waals surface area contributed by atoms with Crippen molar-refractivity contribution in [2.75, 3.05) is 18.4 Å². The van der Waals surface area contributed by atoms with Crippen molar-refractivity contribution < 1.29 is 4.79 Å². The summed E-state index contributed by atoms with van der Waals surface area (Å²) in [5, 5.41) is 3.20. The largest absolute Gasteiger partial charge is 0.370 e. The molecule has 1 fully saturated rings. The molecule has 116 valence electrons. The number of carbonyl (C=O) groups is 1. The quantitative estimate of drug-likeness (QED) is 0.871. The number of amides is 1. The maximum absolute atomic E-state index is 13.0. The summed E-state index contributed by atoms with van der Waals surface area (Å²) in [5.41, 5.74) is 0.701. The van der Waals surface area contributed by atoms with Gasteiger partial charge in [-0.25, -0.2) is 4.98 Å². The van der Waals surface area contributed by atoms with Crippen LogP contribution in [0.3, 0.4) is 0 Å². The van der Waals surface area contributed by atoms with Gasteiger partial charge in [0.1, 0.15) is 5.82 Å². The molecule has 21 heavy (non-hydrogen) atoms. The molecule has 0 aliphatic heterocycles. The zero-order valence-electron chi connectivity index (χ0n) is 13.4. The smallest absolute Gasteiger partial charge is 0.257 e. The fourth-order valence-electron chi connectivity index (χ4n) is 3.05. The number of anilines is 1. The molecule has 1 heterocycles. The van der Waals surface area contributed by atoms with E-state index in [9.17, 15) is 4.79 Å². The van der Waals surface area contributed by atoms with Crippen LogP contribution in [-0.2, 0) is 0 Å². The minimum absolute atomic E-state index is 0.125. The van der Waals surface area contributed by atoms with E-state index in [1.807, 2.05) is 19.1 Å². The zero-order chi connectivity index (χ0) is 15.2. The van der Waals surface area contributed by atoms with Gasteiger partial charge in [0, 0.05) is 25.3 Å². The molecule has 0 bridgehead atoms. The summed E-state index contributed by atoms with van der Waals surface area (Å²) in [6.45, 7) is 7.95. The molecule has 4 nitrogen and oxygen atoms in total. The molecule has 1 aliphatic carbocycles. The number of aromatic nitrogens is 1. The van der Waals surface area contributed by atoms with Crippen LogP contribution >= 0.6 is 0 Å². The van der Waals surface area contributed by atoms with E-state index in [-0.39, 0.29) is 5.91 Å². The molecule has 1 amide bonds. The van der Waals surface area contributed by atoms with Gasteiger partial charge in [-0.2, -0.15) is 0 Å². The predicted octanol–water partition coefficient (Wildman–Crippen LogP) is 3.55. The fourth-order valence-corrected chi connectivity index (χ4v) is 3.05. The van der Waals surface area contributed by atoms with Crippen molar-refractivity contribution in [1.82, 2.24) is 9.88 Å². The second kappa shape index (κ2) is 7.43. The number of hydrogen-bond acceptors (Lipinski definition) is 3. The van der Waals surface area contributed by atoms with E-state index >= 15 is 0 Å². The Morgan fingerprint density at radius 2 is 2.14 bits per heavy atom. The minimum Gasteiger partial charge on any atom is -0.370 e. The number of rotatable bonds is 6. The third-order valence-electron chi connectivity index (χ3n) is 3.97. The topological polar surface area (TPSA) is 45.2 Å². The number of carbonyl (C=O) groups excluding carboxylic acids is 1. The Bertz CT molecular complexity index is 467. The summed E-state index contributed by atoms with van der Waals surface area (Å²) >= 11 is 0. The molecule has 2 rings (SSSR count). The van der Waals surface area contributed by atoms with Gasteiger partial charge in [0.15, 0.2) is 0 Å². The molecule has 1 saturated carbocycles. The molecule has 1 aromatic rings. The summed E-state index contributed by atoms with van der Waals surface area (Å²) in [5.74, 6) is 1.31. The van der Waals surface area contributed by atoms with Crippen LogP contribution in [0.4, 0.5) is 5.82 Å². The SMILES string of the molecule is CCNc1ncccc1C(=O)N(CC(C)C)C1CCCC1. The first-order valence-corrected chi connectivity index (χ1v) is 8.13.